The van der Waals surface area contributed by atoms with Crippen molar-refractivity contribution in [1.29, 1.82) is 0 Å². The van der Waals surface area contributed by atoms with Crippen molar-refractivity contribution in [2.75, 3.05) is 0 Å². The molecule has 0 saturated heterocycles. The van der Waals surface area contributed by atoms with Crippen LogP contribution in [0.3, 0.4) is 0 Å². The second-order valence-corrected chi connectivity index (χ2v) is 5.09. The molecule has 0 aromatic heterocycles. The summed E-state index contributed by atoms with van der Waals surface area (Å²) in [7, 11) is -4.67. The average Bonchev–Trinajstić information content (AvgIpc) is 1.68. The van der Waals surface area contributed by atoms with E-state index in [1.807, 2.05) is 0 Å². The first-order valence-electron chi connectivity index (χ1n) is 1.61. The van der Waals surface area contributed by atoms with Gasteiger partial charge >= 0.3 is 172 Å². The van der Waals surface area contributed by atoms with E-state index in [0.717, 1.165) is 0 Å². The maximum absolute atomic E-state index is 8.74. The van der Waals surface area contributed by atoms with Gasteiger partial charge in [0.2, 0.25) is 0 Å². The molecule has 13 heteroatoms. The minimum absolute atomic E-state index is 0. The predicted molar refractivity (Wildman–Crippen MR) is 66.2 cm³/mol. The second-order valence-electron chi connectivity index (χ2n) is 0.549. The summed E-state index contributed by atoms with van der Waals surface area (Å²) >= 11 is -0.396. The molecule has 0 rings (SSSR count). The molecule has 0 aliphatic rings. The number of halogens is 4. The van der Waals surface area contributed by atoms with Crippen LogP contribution in [0.1, 0.15) is 0 Å². The van der Waals surface area contributed by atoms with Gasteiger partial charge in [-0.05, 0) is 0 Å². The number of hydrogen-bond donors (Lipinski definition) is 2. The van der Waals surface area contributed by atoms with Crippen LogP contribution in [0.5, 0.6) is 0 Å². The first-order chi connectivity index (χ1) is 4.41. The summed E-state index contributed by atoms with van der Waals surface area (Å²) in [5, 5.41) is 0. The normalized spacial score (nSPS) is 5.77. The van der Waals surface area contributed by atoms with E-state index in [0.29, 0.717) is 47.1 Å². The summed E-state index contributed by atoms with van der Waals surface area (Å²) in [6.45, 7) is 0. The van der Waals surface area contributed by atoms with Crippen LogP contribution in [0.25, 0.3) is 0 Å². The standard InChI is InChI=1S/2Ca.4ClH.K.Na.H2O4S.3H/c;;;;;;;;1-5(2,3)4;;;/h;;4*1H;;;(H2,1,2,3,4);;;/q;+2;;;;;+1;;;;;/p-3. The monoisotopic (exact) mass is 384 g/mol. The van der Waals surface area contributed by atoms with Crippen LogP contribution in [0, 0.1) is 0 Å². The molecule has 0 aliphatic heterocycles. The van der Waals surface area contributed by atoms with Gasteiger partial charge < -0.3 is 0 Å². The molecule has 70 valence electrons. The topological polar surface area (TPSA) is 74.6 Å². The third kappa shape index (κ3) is 125. The molecule has 0 heterocycles. The Hall–Kier alpha value is 6.19. The summed E-state index contributed by atoms with van der Waals surface area (Å²) in [5.74, 6) is 0. The van der Waals surface area contributed by atoms with E-state index >= 15 is 0 Å². The fourth-order valence-corrected chi connectivity index (χ4v) is 0. The van der Waals surface area contributed by atoms with E-state index in [1.165, 1.54) is 0 Å². The van der Waals surface area contributed by atoms with Gasteiger partial charge in [0.05, 0.1) is 0 Å². The Bertz CT molecular complexity index is 124. The van der Waals surface area contributed by atoms with Crippen LogP contribution in [-0.2, 0) is 10.4 Å². The van der Waals surface area contributed by atoms with Gasteiger partial charge in [0.15, 0.2) is 0 Å². The molecule has 0 fully saturated rings. The van der Waals surface area contributed by atoms with Crippen LogP contribution in [-0.4, -0.2) is 163 Å². The van der Waals surface area contributed by atoms with Crippen LogP contribution in [0.2, 0.25) is 0 Å². The SMILES string of the molecule is Cl.O=S(=O)(O)O.[CaH2].[Cl][Ca][Cl].[Cl][K].[NaH]. The molecule has 0 amide bonds. The van der Waals surface area contributed by atoms with Gasteiger partial charge in [0.25, 0.3) is 0 Å². The molecule has 0 atom stereocenters. The summed E-state index contributed by atoms with van der Waals surface area (Å²) in [6.07, 6.45) is 9.90. The second kappa shape index (κ2) is 30.9. The summed E-state index contributed by atoms with van der Waals surface area (Å²) in [6, 6.07) is 0. The van der Waals surface area contributed by atoms with Crippen LogP contribution in [0.15, 0.2) is 0 Å². The quantitative estimate of drug-likeness (QED) is 0.436. The molecule has 0 aromatic carbocycles. The van der Waals surface area contributed by atoms with Crippen molar-refractivity contribution in [3.8, 4) is 0 Å². The minimum atomic E-state index is -4.67. The molecule has 0 spiro atoms. The maximum atomic E-state index is 8.74. The Morgan fingerprint density at radius 2 is 1.15 bits per heavy atom. The van der Waals surface area contributed by atoms with Gasteiger partial charge in [-0.25, -0.2) is 0 Å². The zero-order valence-corrected chi connectivity index (χ0v) is 14.6. The summed E-state index contributed by atoms with van der Waals surface area (Å²) in [5.41, 5.74) is 0. The van der Waals surface area contributed by atoms with E-state index < -0.39 is 41.2 Å². The molecule has 0 aliphatic carbocycles. The molecule has 0 unspecified atom stereocenters. The Balaban J connectivity index is -0.0000000138. The third-order valence-electron chi connectivity index (χ3n) is 0. The van der Waals surface area contributed by atoms with Crippen LogP contribution < -0.4 is 0 Å². The predicted octanol–water partition coefficient (Wildman–Crippen LogP) is -0.489. The van der Waals surface area contributed by atoms with Crippen molar-refractivity contribution in [1.82, 2.24) is 0 Å². The van der Waals surface area contributed by atoms with Gasteiger partial charge in [0.1, 0.15) is 0 Å². The zero-order chi connectivity index (χ0) is 9.21. The van der Waals surface area contributed by atoms with Crippen molar-refractivity contribution >= 4 is 185 Å². The van der Waals surface area contributed by atoms with Gasteiger partial charge in [-0.3, -0.25) is 9.11 Å². The molecule has 13 heavy (non-hydrogen) atoms. The van der Waals surface area contributed by atoms with E-state index in [9.17, 15) is 0 Å². The molecule has 0 bridgehead atoms. The molecule has 0 saturated carbocycles. The number of hydrogen-bond acceptors (Lipinski definition) is 2. The van der Waals surface area contributed by atoms with Crippen LogP contribution in [0.4, 0.5) is 0 Å². The average molecular weight is 386 g/mol. The Morgan fingerprint density at radius 3 is 1.15 bits per heavy atom. The molecular weight excluding hydrogens is 380 g/mol. The zero-order valence-electron chi connectivity index (χ0n) is 5.37. The van der Waals surface area contributed by atoms with Gasteiger partial charge in [-0.1, -0.05) is 0 Å². The third-order valence-corrected chi connectivity index (χ3v) is 0. The van der Waals surface area contributed by atoms with Crippen molar-refractivity contribution in [3.63, 3.8) is 0 Å². The van der Waals surface area contributed by atoms with Gasteiger partial charge in [-0.2, -0.15) is 8.42 Å². The van der Waals surface area contributed by atoms with Crippen molar-refractivity contribution in [2.45, 2.75) is 0 Å². The fourth-order valence-electron chi connectivity index (χ4n) is 0. The summed E-state index contributed by atoms with van der Waals surface area (Å²) in [4.78, 5) is 0. The first-order valence-corrected chi connectivity index (χ1v) is 13.4. The van der Waals surface area contributed by atoms with Gasteiger partial charge in [0, 0.05) is 0 Å². The first kappa shape index (κ1) is 36.5. The van der Waals surface area contributed by atoms with Gasteiger partial charge in [-0.15, -0.1) is 12.4 Å². The van der Waals surface area contributed by atoms with Crippen molar-refractivity contribution < 1.29 is 17.5 Å². The van der Waals surface area contributed by atoms with Crippen molar-refractivity contribution in [3.05, 3.63) is 0 Å². The van der Waals surface area contributed by atoms with E-state index in [1.54, 1.807) is 0 Å². The van der Waals surface area contributed by atoms with E-state index in [4.69, 9.17) is 34.1 Å². The Labute approximate surface area is 195 Å². The molecule has 2 N–H and O–H groups in total. The Morgan fingerprint density at radius 1 is 1.15 bits per heavy atom. The van der Waals surface area contributed by atoms with Crippen molar-refractivity contribution in [2.24, 2.45) is 0 Å². The Kier molecular flexibility index (Phi) is 86.7. The van der Waals surface area contributed by atoms with E-state index in [2.05, 4.69) is 0 Å². The molecule has 0 aromatic rings. The molecule has 4 nitrogen and oxygen atoms in total. The molecule has 0 radical (unpaired) electrons. The van der Waals surface area contributed by atoms with E-state index in [-0.39, 0.29) is 79.7 Å². The summed E-state index contributed by atoms with van der Waals surface area (Å²) < 4.78 is 36.4. The molecular formula is H6Ca2Cl4KNaO4S. The fraction of sp³-hybridized carbons (Fsp3) is 0. The number of rotatable bonds is 0. The van der Waals surface area contributed by atoms with Crippen LogP contribution >= 0.6 is 28.9 Å².